The molecule has 0 spiro atoms. The second kappa shape index (κ2) is 5.67. The van der Waals surface area contributed by atoms with Crippen LogP contribution in [-0.2, 0) is 11.2 Å². The monoisotopic (exact) mass is 295 g/mol. The highest BCUT2D eigenvalue weighted by atomic mass is 79.9. The van der Waals surface area contributed by atoms with Crippen molar-refractivity contribution in [2.24, 2.45) is 0 Å². The van der Waals surface area contributed by atoms with Gasteiger partial charge in [0.15, 0.2) is 0 Å². The van der Waals surface area contributed by atoms with E-state index in [9.17, 15) is 4.79 Å². The van der Waals surface area contributed by atoms with E-state index in [1.54, 1.807) is 0 Å². The summed E-state index contributed by atoms with van der Waals surface area (Å²) in [5.41, 5.74) is 2.56. The normalized spacial score (nSPS) is 20.5. The molecular weight excluding hydrogens is 278 g/mol. The number of carbonyl (C=O) groups excluding carboxylic acids is 1. The van der Waals surface area contributed by atoms with Gasteiger partial charge in [0.05, 0.1) is 5.92 Å². The Labute approximate surface area is 111 Å². The molecule has 0 saturated carbocycles. The summed E-state index contributed by atoms with van der Waals surface area (Å²) in [6.45, 7) is 2.02. The Kier molecular flexibility index (Phi) is 4.21. The van der Waals surface area contributed by atoms with Crippen LogP contribution in [0.15, 0.2) is 24.3 Å². The third kappa shape index (κ3) is 2.89. The quantitative estimate of drug-likeness (QED) is 0.854. The molecule has 1 aliphatic carbocycles. The standard InChI is InChI=1S/C14H18BrNO/c1-10(9-15)16-14(17)13-8-4-6-11-5-2-3-7-12(11)13/h2-3,5,7,10,13H,4,6,8-9H2,1H3,(H,16,17). The highest BCUT2D eigenvalue weighted by Crippen LogP contribution is 2.31. The molecule has 2 unspecified atom stereocenters. The van der Waals surface area contributed by atoms with E-state index < -0.39 is 0 Å². The second-order valence-electron chi connectivity index (χ2n) is 4.71. The van der Waals surface area contributed by atoms with Crippen LogP contribution >= 0.6 is 15.9 Å². The molecule has 1 aromatic rings. The topological polar surface area (TPSA) is 29.1 Å². The van der Waals surface area contributed by atoms with Crippen molar-refractivity contribution in [3.8, 4) is 0 Å². The summed E-state index contributed by atoms with van der Waals surface area (Å²) >= 11 is 3.38. The van der Waals surface area contributed by atoms with Gasteiger partial charge in [0.2, 0.25) is 5.91 Å². The minimum absolute atomic E-state index is 0.0430. The van der Waals surface area contributed by atoms with Crippen LogP contribution in [0.5, 0.6) is 0 Å². The zero-order valence-corrected chi connectivity index (χ0v) is 11.7. The first-order chi connectivity index (χ1) is 8.22. The highest BCUT2D eigenvalue weighted by molar-refractivity contribution is 9.09. The van der Waals surface area contributed by atoms with E-state index >= 15 is 0 Å². The summed E-state index contributed by atoms with van der Waals surface area (Å²) in [6, 6.07) is 8.51. The van der Waals surface area contributed by atoms with Crippen LogP contribution in [0.2, 0.25) is 0 Å². The lowest BCUT2D eigenvalue weighted by molar-refractivity contribution is -0.123. The molecule has 1 aromatic carbocycles. The number of aryl methyl sites for hydroxylation is 1. The third-order valence-electron chi connectivity index (χ3n) is 3.31. The predicted molar refractivity (Wildman–Crippen MR) is 73.5 cm³/mol. The van der Waals surface area contributed by atoms with Crippen molar-refractivity contribution in [3.05, 3.63) is 35.4 Å². The number of amides is 1. The molecule has 17 heavy (non-hydrogen) atoms. The van der Waals surface area contributed by atoms with Gasteiger partial charge in [-0.15, -0.1) is 0 Å². The zero-order chi connectivity index (χ0) is 12.3. The molecule has 0 fully saturated rings. The lowest BCUT2D eigenvalue weighted by atomic mass is 9.82. The minimum Gasteiger partial charge on any atom is -0.352 e. The Balaban J connectivity index is 2.15. The van der Waals surface area contributed by atoms with Gasteiger partial charge in [-0.1, -0.05) is 40.2 Å². The Bertz CT molecular complexity index is 405. The van der Waals surface area contributed by atoms with Gasteiger partial charge in [0.1, 0.15) is 0 Å². The fourth-order valence-electron chi connectivity index (χ4n) is 2.41. The fraction of sp³-hybridized carbons (Fsp3) is 0.500. The van der Waals surface area contributed by atoms with Crippen molar-refractivity contribution in [2.75, 3.05) is 5.33 Å². The summed E-state index contributed by atoms with van der Waals surface area (Å²) in [5, 5.41) is 3.85. The van der Waals surface area contributed by atoms with Crippen LogP contribution in [0.4, 0.5) is 0 Å². The number of benzene rings is 1. The maximum Gasteiger partial charge on any atom is 0.227 e. The first-order valence-corrected chi connectivity index (χ1v) is 7.28. The number of hydrogen-bond acceptors (Lipinski definition) is 1. The summed E-state index contributed by atoms with van der Waals surface area (Å²) in [4.78, 5) is 12.2. The maximum absolute atomic E-state index is 12.2. The van der Waals surface area contributed by atoms with Gasteiger partial charge in [-0.05, 0) is 37.3 Å². The van der Waals surface area contributed by atoms with E-state index in [0.717, 1.165) is 24.6 Å². The molecule has 2 rings (SSSR count). The molecule has 1 amide bonds. The van der Waals surface area contributed by atoms with Crippen LogP contribution in [0.1, 0.15) is 36.8 Å². The summed E-state index contributed by atoms with van der Waals surface area (Å²) in [7, 11) is 0. The smallest absolute Gasteiger partial charge is 0.227 e. The summed E-state index contributed by atoms with van der Waals surface area (Å²) in [6.07, 6.45) is 3.18. The number of rotatable bonds is 3. The first-order valence-electron chi connectivity index (χ1n) is 6.16. The van der Waals surface area contributed by atoms with Crippen LogP contribution in [0, 0.1) is 0 Å². The summed E-state index contributed by atoms with van der Waals surface area (Å²) < 4.78 is 0. The molecule has 0 saturated heterocycles. The van der Waals surface area contributed by atoms with Gasteiger partial charge in [-0.2, -0.15) is 0 Å². The maximum atomic E-state index is 12.2. The Morgan fingerprint density at radius 2 is 2.29 bits per heavy atom. The van der Waals surface area contributed by atoms with Crippen molar-refractivity contribution in [1.82, 2.24) is 5.32 Å². The number of nitrogens with one attached hydrogen (secondary N) is 1. The molecule has 0 aromatic heterocycles. The van der Waals surface area contributed by atoms with Crippen LogP contribution in [0.3, 0.4) is 0 Å². The largest absolute Gasteiger partial charge is 0.352 e. The van der Waals surface area contributed by atoms with Crippen molar-refractivity contribution in [1.29, 1.82) is 0 Å². The zero-order valence-electron chi connectivity index (χ0n) is 10.1. The lowest BCUT2D eigenvalue weighted by Crippen LogP contribution is -2.38. The molecule has 3 heteroatoms. The fourth-order valence-corrected chi connectivity index (χ4v) is 2.57. The van der Waals surface area contributed by atoms with Gasteiger partial charge < -0.3 is 5.32 Å². The number of halogens is 1. The van der Waals surface area contributed by atoms with Gasteiger partial charge in [0.25, 0.3) is 0 Å². The average Bonchev–Trinajstić information content (AvgIpc) is 2.37. The highest BCUT2D eigenvalue weighted by Gasteiger charge is 2.26. The lowest BCUT2D eigenvalue weighted by Gasteiger charge is -2.25. The van der Waals surface area contributed by atoms with Gasteiger partial charge >= 0.3 is 0 Å². The molecule has 2 atom stereocenters. The SMILES string of the molecule is CC(CBr)NC(=O)C1CCCc2ccccc21. The van der Waals surface area contributed by atoms with Crippen molar-refractivity contribution in [3.63, 3.8) is 0 Å². The molecule has 0 heterocycles. The van der Waals surface area contributed by atoms with E-state index in [0.29, 0.717) is 0 Å². The van der Waals surface area contributed by atoms with Crippen LogP contribution in [-0.4, -0.2) is 17.3 Å². The molecule has 0 radical (unpaired) electrons. The van der Waals surface area contributed by atoms with E-state index in [2.05, 4.69) is 39.4 Å². The summed E-state index contributed by atoms with van der Waals surface area (Å²) in [5.74, 6) is 0.213. The van der Waals surface area contributed by atoms with Crippen molar-refractivity contribution >= 4 is 21.8 Å². The molecule has 0 bridgehead atoms. The van der Waals surface area contributed by atoms with Crippen LogP contribution < -0.4 is 5.32 Å². The van der Waals surface area contributed by atoms with E-state index in [1.807, 2.05) is 13.0 Å². The minimum atomic E-state index is 0.0430. The number of fused-ring (bicyclic) bond motifs is 1. The Morgan fingerprint density at radius 1 is 1.53 bits per heavy atom. The molecule has 1 aliphatic rings. The van der Waals surface area contributed by atoms with E-state index in [1.165, 1.54) is 11.1 Å². The van der Waals surface area contributed by atoms with Gasteiger partial charge in [-0.3, -0.25) is 4.79 Å². The van der Waals surface area contributed by atoms with Crippen molar-refractivity contribution in [2.45, 2.75) is 38.1 Å². The number of hydrogen-bond donors (Lipinski definition) is 1. The Morgan fingerprint density at radius 3 is 3.06 bits per heavy atom. The second-order valence-corrected chi connectivity index (χ2v) is 5.36. The average molecular weight is 296 g/mol. The molecule has 2 nitrogen and oxygen atoms in total. The molecular formula is C14H18BrNO. The number of alkyl halides is 1. The third-order valence-corrected chi connectivity index (χ3v) is 4.28. The number of carbonyl (C=O) groups is 1. The molecule has 0 aliphatic heterocycles. The Hall–Kier alpha value is -0.830. The van der Waals surface area contributed by atoms with E-state index in [-0.39, 0.29) is 17.9 Å². The van der Waals surface area contributed by atoms with Gasteiger partial charge in [-0.25, -0.2) is 0 Å². The van der Waals surface area contributed by atoms with Crippen LogP contribution in [0.25, 0.3) is 0 Å². The first kappa shape index (κ1) is 12.6. The molecule has 1 N–H and O–H groups in total. The van der Waals surface area contributed by atoms with Gasteiger partial charge in [0, 0.05) is 11.4 Å². The predicted octanol–water partition coefficient (Wildman–Crippen LogP) is 3.01. The van der Waals surface area contributed by atoms with E-state index in [4.69, 9.17) is 0 Å². The molecule has 92 valence electrons. The van der Waals surface area contributed by atoms with Crippen molar-refractivity contribution < 1.29 is 4.79 Å².